The van der Waals surface area contributed by atoms with Crippen LogP contribution in [0.15, 0.2) is 27.4 Å². The molecule has 0 radical (unpaired) electrons. The summed E-state index contributed by atoms with van der Waals surface area (Å²) in [7, 11) is -2.84. The number of rotatable bonds is 3. The molecule has 2 fully saturated rings. The largest absolute Gasteiger partial charge is 0.423 e. The van der Waals surface area contributed by atoms with Crippen LogP contribution >= 0.6 is 0 Å². The average molecular weight is 391 g/mol. The first kappa shape index (κ1) is 18.7. The van der Waals surface area contributed by atoms with E-state index in [4.69, 9.17) is 4.42 Å². The van der Waals surface area contributed by atoms with E-state index in [9.17, 15) is 13.2 Å². The topological polar surface area (TPSA) is 70.8 Å². The third-order valence-corrected chi connectivity index (χ3v) is 7.72. The van der Waals surface area contributed by atoms with Gasteiger partial charge in [0.25, 0.3) is 0 Å². The van der Waals surface area contributed by atoms with Crippen molar-refractivity contribution in [1.29, 1.82) is 0 Å². The van der Waals surface area contributed by atoms with E-state index >= 15 is 0 Å². The molecule has 3 heterocycles. The van der Waals surface area contributed by atoms with Crippen LogP contribution in [0.3, 0.4) is 0 Å². The summed E-state index contributed by atoms with van der Waals surface area (Å²) in [6, 6.07) is 5.82. The maximum Gasteiger partial charge on any atom is 0.336 e. The predicted molar refractivity (Wildman–Crippen MR) is 106 cm³/mol. The lowest BCUT2D eigenvalue weighted by Crippen LogP contribution is -2.50. The van der Waals surface area contributed by atoms with Gasteiger partial charge in [-0.1, -0.05) is 0 Å². The van der Waals surface area contributed by atoms with Gasteiger partial charge in [0, 0.05) is 50.2 Å². The fourth-order valence-corrected chi connectivity index (χ4v) is 5.97. The number of sulfone groups is 1. The van der Waals surface area contributed by atoms with Gasteiger partial charge in [-0.2, -0.15) is 0 Å². The van der Waals surface area contributed by atoms with Gasteiger partial charge in [-0.25, -0.2) is 13.2 Å². The summed E-state index contributed by atoms with van der Waals surface area (Å²) in [4.78, 5) is 16.6. The van der Waals surface area contributed by atoms with Gasteiger partial charge in [-0.3, -0.25) is 9.80 Å². The van der Waals surface area contributed by atoms with Crippen LogP contribution in [0.5, 0.6) is 0 Å². The lowest BCUT2D eigenvalue weighted by molar-refractivity contribution is 0.100. The second-order valence-electron chi connectivity index (χ2n) is 7.89. The Balaban J connectivity index is 1.48. The summed E-state index contributed by atoms with van der Waals surface area (Å²) in [6.07, 6.45) is 0.755. The highest BCUT2D eigenvalue weighted by Crippen LogP contribution is 2.24. The SMILES string of the molecule is Cc1cc2oc(=O)cc(CN3CCN([C@H]4CCS(=O)(=O)C4)CC3)c2cc1C. The summed E-state index contributed by atoms with van der Waals surface area (Å²) in [5.74, 6) is 0.623. The molecule has 6 nitrogen and oxygen atoms in total. The first-order valence-corrected chi connectivity index (χ1v) is 11.3. The molecule has 146 valence electrons. The molecule has 1 aromatic heterocycles. The third-order valence-electron chi connectivity index (χ3n) is 5.97. The number of fused-ring (bicyclic) bond motifs is 1. The van der Waals surface area contributed by atoms with Gasteiger partial charge < -0.3 is 4.42 Å². The van der Waals surface area contributed by atoms with Gasteiger partial charge >= 0.3 is 5.63 Å². The normalized spacial score (nSPS) is 23.9. The van der Waals surface area contributed by atoms with Gasteiger partial charge in [0.2, 0.25) is 0 Å². The average Bonchev–Trinajstić information content (AvgIpc) is 2.97. The van der Waals surface area contributed by atoms with Gasteiger partial charge in [0.05, 0.1) is 11.5 Å². The third kappa shape index (κ3) is 3.95. The maximum absolute atomic E-state index is 12.0. The van der Waals surface area contributed by atoms with Crippen molar-refractivity contribution in [1.82, 2.24) is 9.80 Å². The van der Waals surface area contributed by atoms with Crippen LogP contribution in [0.25, 0.3) is 11.0 Å². The number of hydrogen-bond acceptors (Lipinski definition) is 6. The molecule has 0 bridgehead atoms. The molecule has 0 aliphatic carbocycles. The Bertz CT molecular complexity index is 1020. The Hall–Kier alpha value is -1.70. The molecule has 7 heteroatoms. The number of hydrogen-bond donors (Lipinski definition) is 0. The molecule has 0 saturated carbocycles. The van der Waals surface area contributed by atoms with E-state index in [2.05, 4.69) is 22.8 Å². The molecule has 2 aromatic rings. The van der Waals surface area contributed by atoms with Crippen LogP contribution in [0, 0.1) is 13.8 Å². The highest BCUT2D eigenvalue weighted by atomic mass is 32.2. The Kier molecular flexibility index (Phi) is 4.86. The minimum atomic E-state index is -2.84. The van der Waals surface area contributed by atoms with Crippen LogP contribution in [0.1, 0.15) is 23.1 Å². The standard InChI is InChI=1S/C20H26N2O4S/c1-14-9-18-16(11-20(23)26-19(18)10-15(14)2)12-21-4-6-22(7-5-21)17-3-8-27(24,25)13-17/h9-11,17H,3-8,12-13H2,1-2H3/t17-/m0/s1. The van der Waals surface area contributed by atoms with E-state index < -0.39 is 9.84 Å². The Morgan fingerprint density at radius 2 is 1.78 bits per heavy atom. The summed E-state index contributed by atoms with van der Waals surface area (Å²) in [6.45, 7) is 8.30. The number of benzene rings is 1. The van der Waals surface area contributed by atoms with E-state index in [1.807, 2.05) is 13.0 Å². The quantitative estimate of drug-likeness (QED) is 0.743. The minimum Gasteiger partial charge on any atom is -0.423 e. The Morgan fingerprint density at radius 1 is 1.07 bits per heavy atom. The molecule has 0 unspecified atom stereocenters. The molecule has 2 aliphatic heterocycles. The molecule has 0 spiro atoms. The summed E-state index contributed by atoms with van der Waals surface area (Å²) < 4.78 is 28.8. The highest BCUT2D eigenvalue weighted by molar-refractivity contribution is 7.91. The predicted octanol–water partition coefficient (Wildman–Crippen LogP) is 1.71. The molecule has 1 aromatic carbocycles. The number of piperazine rings is 1. The van der Waals surface area contributed by atoms with E-state index in [-0.39, 0.29) is 11.7 Å². The van der Waals surface area contributed by atoms with E-state index in [1.54, 1.807) is 6.07 Å². The molecule has 0 amide bonds. The summed E-state index contributed by atoms with van der Waals surface area (Å²) in [5, 5.41) is 1.00. The summed E-state index contributed by atoms with van der Waals surface area (Å²) in [5.41, 5.74) is 3.64. The lowest BCUT2D eigenvalue weighted by atomic mass is 10.0. The zero-order valence-corrected chi connectivity index (χ0v) is 16.7. The molecular weight excluding hydrogens is 364 g/mol. The number of nitrogens with zero attached hydrogens (tertiary/aromatic N) is 2. The lowest BCUT2D eigenvalue weighted by Gasteiger charge is -2.37. The zero-order valence-electron chi connectivity index (χ0n) is 15.9. The second kappa shape index (κ2) is 7.04. The Morgan fingerprint density at radius 3 is 2.44 bits per heavy atom. The van der Waals surface area contributed by atoms with Gasteiger partial charge in [-0.15, -0.1) is 0 Å². The molecule has 2 saturated heterocycles. The number of aryl methyl sites for hydroxylation is 2. The van der Waals surface area contributed by atoms with Gasteiger partial charge in [0.1, 0.15) is 5.58 Å². The van der Waals surface area contributed by atoms with Crippen molar-refractivity contribution in [2.24, 2.45) is 0 Å². The van der Waals surface area contributed by atoms with Crippen LogP contribution in [0.2, 0.25) is 0 Å². The van der Waals surface area contributed by atoms with Crippen molar-refractivity contribution < 1.29 is 12.8 Å². The molecule has 1 atom stereocenters. The zero-order chi connectivity index (χ0) is 19.2. The highest BCUT2D eigenvalue weighted by Gasteiger charge is 2.33. The first-order chi connectivity index (χ1) is 12.8. The Labute approximate surface area is 159 Å². The maximum atomic E-state index is 12.0. The van der Waals surface area contributed by atoms with Crippen molar-refractivity contribution in [2.45, 2.75) is 32.9 Å². The van der Waals surface area contributed by atoms with Crippen molar-refractivity contribution >= 4 is 20.8 Å². The van der Waals surface area contributed by atoms with Crippen LogP contribution in [0.4, 0.5) is 0 Å². The van der Waals surface area contributed by atoms with Crippen LogP contribution < -0.4 is 5.63 Å². The monoisotopic (exact) mass is 390 g/mol. The van der Waals surface area contributed by atoms with Gasteiger partial charge in [-0.05, 0) is 49.1 Å². The van der Waals surface area contributed by atoms with Crippen molar-refractivity contribution in [2.75, 3.05) is 37.7 Å². The van der Waals surface area contributed by atoms with E-state index in [1.165, 1.54) is 5.56 Å². The summed E-state index contributed by atoms with van der Waals surface area (Å²) >= 11 is 0. The van der Waals surface area contributed by atoms with Crippen molar-refractivity contribution in [3.63, 3.8) is 0 Å². The molecule has 0 N–H and O–H groups in total. The van der Waals surface area contributed by atoms with Crippen molar-refractivity contribution in [3.05, 3.63) is 45.3 Å². The first-order valence-electron chi connectivity index (χ1n) is 9.51. The minimum absolute atomic E-state index is 0.173. The van der Waals surface area contributed by atoms with Crippen LogP contribution in [-0.4, -0.2) is 61.9 Å². The van der Waals surface area contributed by atoms with Crippen molar-refractivity contribution in [3.8, 4) is 0 Å². The fourth-order valence-electron chi connectivity index (χ4n) is 4.20. The van der Waals surface area contributed by atoms with Crippen LogP contribution in [-0.2, 0) is 16.4 Å². The van der Waals surface area contributed by atoms with E-state index in [0.717, 1.165) is 49.1 Å². The molecular formula is C20H26N2O4S. The fraction of sp³-hybridized carbons (Fsp3) is 0.550. The second-order valence-corrected chi connectivity index (χ2v) is 10.1. The molecule has 4 rings (SSSR count). The molecule has 2 aliphatic rings. The smallest absolute Gasteiger partial charge is 0.336 e. The molecule has 27 heavy (non-hydrogen) atoms. The van der Waals surface area contributed by atoms with Gasteiger partial charge in [0.15, 0.2) is 9.84 Å². The van der Waals surface area contributed by atoms with E-state index in [0.29, 0.717) is 23.6 Å².